The van der Waals surface area contributed by atoms with Crippen molar-refractivity contribution in [2.45, 2.75) is 65.2 Å². The quantitative estimate of drug-likeness (QED) is 0.332. The monoisotopic (exact) mass is 631 g/mol. The third-order valence-electron chi connectivity index (χ3n) is 7.34. The molecule has 3 atom stereocenters. The highest BCUT2D eigenvalue weighted by Gasteiger charge is 2.29. The van der Waals surface area contributed by atoms with Gasteiger partial charge in [-0.2, -0.15) is 5.10 Å². The molecule has 1 aliphatic heterocycles. The normalized spacial score (nSPS) is 20.7. The van der Waals surface area contributed by atoms with Crippen LogP contribution in [0, 0.1) is 5.92 Å². The zero-order chi connectivity index (χ0) is 33.2. The fourth-order valence-electron chi connectivity index (χ4n) is 5.02. The lowest BCUT2D eigenvalue weighted by Gasteiger charge is -2.25. The van der Waals surface area contributed by atoms with Crippen molar-refractivity contribution < 1.29 is 24.0 Å². The van der Waals surface area contributed by atoms with Crippen LogP contribution in [0.15, 0.2) is 54.9 Å². The van der Waals surface area contributed by atoms with E-state index in [1.165, 1.54) is 28.9 Å². The van der Waals surface area contributed by atoms with Gasteiger partial charge >= 0.3 is 0 Å². The summed E-state index contributed by atoms with van der Waals surface area (Å²) >= 11 is 0. The Bertz CT molecular complexity index is 1530. The molecule has 3 aromatic rings. The summed E-state index contributed by atoms with van der Waals surface area (Å²) in [6, 6.07) is 9.94. The topological polar surface area (TPSA) is 180 Å². The lowest BCUT2D eigenvalue weighted by molar-refractivity contribution is -0.132. The summed E-state index contributed by atoms with van der Waals surface area (Å²) in [5.74, 6) is -1.48. The lowest BCUT2D eigenvalue weighted by Crippen LogP contribution is -2.54. The number of nitrogens with one attached hydrogen (secondary N) is 4. The van der Waals surface area contributed by atoms with Crippen molar-refractivity contribution >= 4 is 29.5 Å². The predicted octanol–water partition coefficient (Wildman–Crippen LogP) is 1.22. The maximum absolute atomic E-state index is 13.5. The first kappa shape index (κ1) is 33.7. The largest absolute Gasteiger partial charge is 0.354 e. The van der Waals surface area contributed by atoms with Crippen molar-refractivity contribution in [2.24, 2.45) is 5.92 Å². The summed E-state index contributed by atoms with van der Waals surface area (Å²) in [5.41, 5.74) is 1.04. The first-order valence-corrected chi connectivity index (χ1v) is 15.4. The van der Waals surface area contributed by atoms with Crippen LogP contribution in [0.2, 0.25) is 0 Å². The van der Waals surface area contributed by atoms with Gasteiger partial charge in [0.05, 0.1) is 18.2 Å². The Labute approximate surface area is 267 Å². The van der Waals surface area contributed by atoms with Crippen LogP contribution < -0.4 is 21.3 Å². The molecule has 0 unspecified atom stereocenters. The minimum Gasteiger partial charge on any atom is -0.354 e. The minimum atomic E-state index is -0.986. The Kier molecular flexibility index (Phi) is 11.5. The second-order valence-corrected chi connectivity index (χ2v) is 11.7. The number of rotatable bonds is 4. The average Bonchev–Trinajstić information content (AvgIpc) is 3.45. The van der Waals surface area contributed by atoms with Crippen LogP contribution in [0.4, 0.5) is 0 Å². The molecule has 1 aromatic carbocycles. The molecular formula is C32H41N9O5. The van der Waals surface area contributed by atoms with Crippen LogP contribution in [0.25, 0.3) is 11.4 Å². The molecule has 244 valence electrons. The van der Waals surface area contributed by atoms with Gasteiger partial charge in [0.15, 0.2) is 5.82 Å². The molecule has 0 spiro atoms. The number of hydrogen-bond acceptors (Lipinski definition) is 8. The van der Waals surface area contributed by atoms with E-state index >= 15 is 0 Å². The number of pyridine rings is 1. The van der Waals surface area contributed by atoms with E-state index in [0.717, 1.165) is 5.56 Å². The molecule has 2 aromatic heterocycles. The maximum Gasteiger partial charge on any atom is 0.255 e. The Hall–Kier alpha value is -5.14. The van der Waals surface area contributed by atoms with Crippen LogP contribution in [0.3, 0.4) is 0 Å². The van der Waals surface area contributed by atoms with Gasteiger partial charge in [-0.1, -0.05) is 44.2 Å². The third kappa shape index (κ3) is 9.19. The molecule has 0 fully saturated rings. The van der Waals surface area contributed by atoms with E-state index in [-0.39, 0.29) is 38.0 Å². The second-order valence-electron chi connectivity index (χ2n) is 11.7. The fourth-order valence-corrected chi connectivity index (χ4v) is 5.02. The van der Waals surface area contributed by atoms with Crippen molar-refractivity contribution in [3.05, 3.63) is 66.2 Å². The number of carbonyl (C=O) groups is 5. The van der Waals surface area contributed by atoms with Gasteiger partial charge in [0.1, 0.15) is 24.5 Å². The van der Waals surface area contributed by atoms with Crippen molar-refractivity contribution in [3.63, 3.8) is 0 Å². The highest BCUT2D eigenvalue weighted by molar-refractivity contribution is 5.97. The van der Waals surface area contributed by atoms with Crippen LogP contribution in [0.5, 0.6) is 0 Å². The molecule has 4 rings (SSSR count). The molecule has 5 amide bonds. The van der Waals surface area contributed by atoms with E-state index in [1.54, 1.807) is 19.1 Å². The van der Waals surface area contributed by atoms with Crippen molar-refractivity contribution in [1.29, 1.82) is 0 Å². The van der Waals surface area contributed by atoms with Gasteiger partial charge in [-0.25, -0.2) is 9.67 Å². The van der Waals surface area contributed by atoms with E-state index in [1.807, 2.05) is 44.2 Å². The number of carbonyl (C=O) groups excluding carboxylic acids is 5. The minimum absolute atomic E-state index is 0.0574. The summed E-state index contributed by atoms with van der Waals surface area (Å²) < 4.78 is 1.45. The second kappa shape index (κ2) is 15.7. The third-order valence-corrected chi connectivity index (χ3v) is 7.34. The fraction of sp³-hybridized carbons (Fsp3) is 0.438. The summed E-state index contributed by atoms with van der Waals surface area (Å²) in [4.78, 5) is 76.0. The van der Waals surface area contributed by atoms with E-state index in [2.05, 4.69) is 36.3 Å². The molecule has 1 aliphatic rings. The number of hydrogen-bond donors (Lipinski definition) is 4. The zero-order valence-electron chi connectivity index (χ0n) is 26.5. The number of amides is 5. The Morgan fingerprint density at radius 1 is 0.913 bits per heavy atom. The van der Waals surface area contributed by atoms with E-state index < -0.39 is 41.8 Å². The number of benzene rings is 1. The molecule has 0 bridgehead atoms. The smallest absolute Gasteiger partial charge is 0.255 e. The summed E-state index contributed by atoms with van der Waals surface area (Å²) in [6.07, 6.45) is 3.64. The summed E-state index contributed by atoms with van der Waals surface area (Å²) in [7, 11) is 0. The molecule has 3 heterocycles. The Morgan fingerprint density at radius 2 is 1.67 bits per heavy atom. The maximum atomic E-state index is 13.5. The van der Waals surface area contributed by atoms with Crippen LogP contribution in [-0.2, 0) is 25.7 Å². The first-order valence-electron chi connectivity index (χ1n) is 15.4. The first-order chi connectivity index (χ1) is 22.0. The highest BCUT2D eigenvalue weighted by Crippen LogP contribution is 2.19. The van der Waals surface area contributed by atoms with Crippen molar-refractivity contribution in [2.75, 3.05) is 19.6 Å². The van der Waals surface area contributed by atoms with Crippen molar-refractivity contribution in [1.82, 2.24) is 45.9 Å². The highest BCUT2D eigenvalue weighted by atomic mass is 16.2. The predicted molar refractivity (Wildman–Crippen MR) is 169 cm³/mol. The van der Waals surface area contributed by atoms with Gasteiger partial charge in [0.25, 0.3) is 5.91 Å². The van der Waals surface area contributed by atoms with Gasteiger partial charge in [-0.15, -0.1) is 0 Å². The molecule has 0 saturated heterocycles. The van der Waals surface area contributed by atoms with Crippen molar-refractivity contribution in [3.8, 4) is 11.4 Å². The van der Waals surface area contributed by atoms with Crippen LogP contribution >= 0.6 is 0 Å². The Balaban J connectivity index is 1.63. The van der Waals surface area contributed by atoms with Gasteiger partial charge in [-0.05, 0) is 44.7 Å². The van der Waals surface area contributed by atoms with E-state index in [0.29, 0.717) is 30.1 Å². The van der Waals surface area contributed by atoms with Crippen LogP contribution in [-0.4, -0.2) is 85.9 Å². The molecular weight excluding hydrogens is 590 g/mol. The number of fused-ring (bicyclic) bond motifs is 1. The SMILES string of the molecule is CC(C)C[C@H]1NC(=O)[C@@H](C)NC(=O)CN(C(=O)c2cccnc2)CCCNC(=O)Cn2nc(-c3ccccc3)nc2[C@H](C)NC1=O. The Morgan fingerprint density at radius 3 is 2.37 bits per heavy atom. The lowest BCUT2D eigenvalue weighted by atomic mass is 10.0. The van der Waals surface area contributed by atoms with Gasteiger partial charge in [0, 0.05) is 31.0 Å². The molecule has 46 heavy (non-hydrogen) atoms. The van der Waals surface area contributed by atoms with E-state index in [4.69, 9.17) is 0 Å². The van der Waals surface area contributed by atoms with Crippen LogP contribution in [0.1, 0.15) is 62.8 Å². The zero-order valence-corrected chi connectivity index (χ0v) is 26.5. The summed E-state index contributed by atoms with van der Waals surface area (Å²) in [5, 5.41) is 15.7. The molecule has 4 N–H and O–H groups in total. The van der Waals surface area contributed by atoms with E-state index in [9.17, 15) is 24.0 Å². The number of aromatic nitrogens is 4. The van der Waals surface area contributed by atoms with Gasteiger partial charge in [0.2, 0.25) is 23.6 Å². The number of nitrogens with zero attached hydrogens (tertiary/aromatic N) is 5. The molecule has 0 saturated carbocycles. The van der Waals surface area contributed by atoms with Gasteiger partial charge in [-0.3, -0.25) is 29.0 Å². The van der Waals surface area contributed by atoms with Gasteiger partial charge < -0.3 is 26.2 Å². The molecule has 14 heteroatoms. The molecule has 0 aliphatic carbocycles. The standard InChI is InChI=1S/C32H41N9O5/c1-20(2)16-25-31(45)36-21(3)29-38-28(23-10-6-5-7-11-23)39-41(29)19-26(42)34-14-9-15-40(32(46)24-12-8-13-33-17-24)18-27(43)35-22(4)30(44)37-25/h5-8,10-13,17,20-22,25H,9,14-16,18-19H2,1-4H3,(H,34,42)(H,35,43)(H,36,45)(H,37,44)/t21-,22+,25+/m0/s1. The molecule has 14 nitrogen and oxygen atoms in total. The summed E-state index contributed by atoms with van der Waals surface area (Å²) in [6.45, 7) is 6.99. The average molecular weight is 632 g/mol. The molecule has 0 radical (unpaired) electrons.